The normalized spacial score (nSPS) is 18.2. The van der Waals surface area contributed by atoms with Crippen LogP contribution < -0.4 is 10.9 Å². The van der Waals surface area contributed by atoms with Gasteiger partial charge in [0.25, 0.3) is 17.4 Å². The summed E-state index contributed by atoms with van der Waals surface area (Å²) in [4.78, 5) is 55.2. The minimum Gasteiger partial charge on any atom is -0.338 e. The van der Waals surface area contributed by atoms with Gasteiger partial charge in [0.1, 0.15) is 11.1 Å². The Morgan fingerprint density at radius 1 is 1.07 bits per heavy atom. The van der Waals surface area contributed by atoms with Crippen molar-refractivity contribution in [2.24, 2.45) is 0 Å². The fourth-order valence-corrected chi connectivity index (χ4v) is 4.00. The van der Waals surface area contributed by atoms with Crippen LogP contribution in [0.1, 0.15) is 28.8 Å². The lowest BCUT2D eigenvalue weighted by molar-refractivity contribution is -0.133. The number of H-pyrrole nitrogens is 1. The molecule has 1 aromatic heterocycles. The molecule has 3 heterocycles. The minimum atomic E-state index is -1.03. The number of pyridine rings is 1. The van der Waals surface area contributed by atoms with Gasteiger partial charge < -0.3 is 15.2 Å². The van der Waals surface area contributed by atoms with Crippen LogP contribution in [0.25, 0.3) is 0 Å². The van der Waals surface area contributed by atoms with E-state index < -0.39 is 17.1 Å². The Labute approximate surface area is 171 Å². The van der Waals surface area contributed by atoms with Crippen LogP contribution in [0, 0.1) is 0 Å². The smallest absolute Gasteiger partial charge is 0.325 e. The second-order valence-corrected chi connectivity index (χ2v) is 7.61. The Morgan fingerprint density at radius 3 is 2.48 bits per heavy atom. The molecule has 4 rings (SSSR count). The highest BCUT2D eigenvalue weighted by molar-refractivity contribution is 6.31. The SMILES string of the molecule is O=C(c1ccc[nH]c1=O)N1CCC2(CC1)NC(=O)N(Cc1ccccc1Cl)C2=O. The third kappa shape index (κ3) is 3.40. The Kier molecular flexibility index (Phi) is 4.87. The van der Waals surface area contributed by atoms with Crippen LogP contribution in [0.15, 0.2) is 47.4 Å². The van der Waals surface area contributed by atoms with Crippen molar-refractivity contribution < 1.29 is 14.4 Å². The number of urea groups is 1. The van der Waals surface area contributed by atoms with E-state index in [1.165, 1.54) is 22.1 Å². The molecule has 1 aromatic carbocycles. The van der Waals surface area contributed by atoms with Gasteiger partial charge in [0.05, 0.1) is 6.54 Å². The third-order valence-electron chi connectivity index (χ3n) is 5.48. The van der Waals surface area contributed by atoms with Crippen molar-refractivity contribution in [1.29, 1.82) is 0 Å². The van der Waals surface area contributed by atoms with Crippen LogP contribution in [0.3, 0.4) is 0 Å². The van der Waals surface area contributed by atoms with E-state index in [1.54, 1.807) is 30.3 Å². The molecular formula is C20H19ClN4O4. The van der Waals surface area contributed by atoms with Gasteiger partial charge in [0.15, 0.2) is 0 Å². The number of imide groups is 1. The van der Waals surface area contributed by atoms with Crippen LogP contribution in [0.5, 0.6) is 0 Å². The number of nitrogens with zero attached hydrogens (tertiary/aromatic N) is 2. The molecule has 8 nitrogen and oxygen atoms in total. The summed E-state index contributed by atoms with van der Waals surface area (Å²) in [5.74, 6) is -0.696. The molecule has 2 N–H and O–H groups in total. The molecule has 150 valence electrons. The Bertz CT molecular complexity index is 1040. The van der Waals surface area contributed by atoms with Crippen LogP contribution in [-0.2, 0) is 11.3 Å². The van der Waals surface area contributed by atoms with Gasteiger partial charge in [-0.05, 0) is 36.6 Å². The van der Waals surface area contributed by atoms with E-state index in [-0.39, 0.29) is 49.9 Å². The second kappa shape index (κ2) is 7.36. The number of rotatable bonds is 3. The molecule has 9 heteroatoms. The molecule has 2 saturated heterocycles. The topological polar surface area (TPSA) is 103 Å². The molecule has 29 heavy (non-hydrogen) atoms. The zero-order valence-electron chi connectivity index (χ0n) is 15.5. The number of hydrogen-bond donors (Lipinski definition) is 2. The molecule has 2 aromatic rings. The van der Waals surface area contributed by atoms with Gasteiger partial charge in [0, 0.05) is 24.3 Å². The monoisotopic (exact) mass is 414 g/mol. The molecule has 0 unspecified atom stereocenters. The van der Waals surface area contributed by atoms with Crippen molar-refractivity contribution in [3.63, 3.8) is 0 Å². The average molecular weight is 415 g/mol. The maximum absolute atomic E-state index is 13.1. The number of halogens is 1. The van der Waals surface area contributed by atoms with E-state index in [9.17, 15) is 19.2 Å². The number of carbonyl (C=O) groups is 3. The highest BCUT2D eigenvalue weighted by Crippen LogP contribution is 2.31. The number of hydrogen-bond acceptors (Lipinski definition) is 4. The van der Waals surface area contributed by atoms with E-state index in [0.717, 1.165) is 0 Å². The van der Waals surface area contributed by atoms with E-state index >= 15 is 0 Å². The molecular weight excluding hydrogens is 396 g/mol. The molecule has 2 aliphatic heterocycles. The molecule has 0 atom stereocenters. The van der Waals surface area contributed by atoms with Crippen LogP contribution in [0.4, 0.5) is 4.79 Å². The van der Waals surface area contributed by atoms with Crippen molar-refractivity contribution in [1.82, 2.24) is 20.1 Å². The summed E-state index contributed by atoms with van der Waals surface area (Å²) in [6.07, 6.45) is 2.03. The van der Waals surface area contributed by atoms with E-state index in [2.05, 4.69) is 10.3 Å². The van der Waals surface area contributed by atoms with Gasteiger partial charge >= 0.3 is 6.03 Å². The largest absolute Gasteiger partial charge is 0.338 e. The van der Waals surface area contributed by atoms with Crippen molar-refractivity contribution in [2.75, 3.05) is 13.1 Å². The standard InChI is InChI=1S/C20H19ClN4O4/c21-15-6-2-1-4-13(15)12-25-18(28)20(23-19(25)29)7-10-24(11-8-20)17(27)14-5-3-9-22-16(14)26/h1-6,9H,7-8,10-12H2,(H,22,26)(H,23,29). The van der Waals surface area contributed by atoms with Crippen molar-refractivity contribution in [2.45, 2.75) is 24.9 Å². The second-order valence-electron chi connectivity index (χ2n) is 7.20. The molecule has 0 bridgehead atoms. The molecule has 2 fully saturated rings. The van der Waals surface area contributed by atoms with Gasteiger partial charge in [-0.1, -0.05) is 29.8 Å². The van der Waals surface area contributed by atoms with Crippen molar-refractivity contribution >= 4 is 29.4 Å². The Hall–Kier alpha value is -3.13. The lowest BCUT2D eigenvalue weighted by Gasteiger charge is -2.37. The first-order chi connectivity index (χ1) is 13.9. The lowest BCUT2D eigenvalue weighted by Crippen LogP contribution is -2.56. The summed E-state index contributed by atoms with van der Waals surface area (Å²) in [7, 11) is 0. The predicted molar refractivity (Wildman–Crippen MR) is 105 cm³/mol. The zero-order chi connectivity index (χ0) is 20.6. The highest BCUT2D eigenvalue weighted by Gasteiger charge is 2.52. The molecule has 4 amide bonds. The summed E-state index contributed by atoms with van der Waals surface area (Å²) >= 11 is 6.16. The first-order valence-corrected chi connectivity index (χ1v) is 9.63. The molecule has 0 aliphatic carbocycles. The van der Waals surface area contributed by atoms with Crippen LogP contribution in [-0.4, -0.2) is 51.3 Å². The number of likely N-dealkylation sites (tertiary alicyclic amines) is 1. The molecule has 1 spiro atoms. The fourth-order valence-electron chi connectivity index (χ4n) is 3.81. The molecule has 0 saturated carbocycles. The summed E-state index contributed by atoms with van der Waals surface area (Å²) in [5.41, 5.74) is -0.733. The van der Waals surface area contributed by atoms with Crippen molar-refractivity contribution in [3.05, 3.63) is 69.1 Å². The number of benzene rings is 1. The maximum atomic E-state index is 13.1. The molecule has 2 aliphatic rings. The van der Waals surface area contributed by atoms with E-state index in [1.807, 2.05) is 0 Å². The summed E-state index contributed by atoms with van der Waals surface area (Å²) in [5, 5.41) is 3.30. The maximum Gasteiger partial charge on any atom is 0.325 e. The first-order valence-electron chi connectivity index (χ1n) is 9.26. The number of carbonyl (C=O) groups excluding carboxylic acids is 3. The zero-order valence-corrected chi connectivity index (χ0v) is 16.2. The summed E-state index contributed by atoms with van der Waals surface area (Å²) < 4.78 is 0. The third-order valence-corrected chi connectivity index (χ3v) is 5.85. The number of aromatic nitrogens is 1. The van der Waals surface area contributed by atoms with Gasteiger partial charge in [-0.25, -0.2) is 4.79 Å². The number of amides is 4. The number of aromatic amines is 1. The number of piperidine rings is 1. The quantitative estimate of drug-likeness (QED) is 0.747. The first kappa shape index (κ1) is 19.2. The highest BCUT2D eigenvalue weighted by atomic mass is 35.5. The lowest BCUT2D eigenvalue weighted by atomic mass is 9.87. The van der Waals surface area contributed by atoms with Gasteiger partial charge in [-0.2, -0.15) is 0 Å². The van der Waals surface area contributed by atoms with Gasteiger partial charge in [0.2, 0.25) is 0 Å². The number of nitrogens with one attached hydrogen (secondary N) is 2. The predicted octanol–water partition coefficient (Wildman–Crippen LogP) is 1.76. The van der Waals surface area contributed by atoms with Gasteiger partial charge in [-0.15, -0.1) is 0 Å². The molecule has 0 radical (unpaired) electrons. The van der Waals surface area contributed by atoms with Crippen LogP contribution in [0.2, 0.25) is 5.02 Å². The van der Waals surface area contributed by atoms with E-state index in [0.29, 0.717) is 10.6 Å². The minimum absolute atomic E-state index is 0.0607. The Balaban J connectivity index is 1.47. The van der Waals surface area contributed by atoms with Crippen molar-refractivity contribution in [3.8, 4) is 0 Å². The fraction of sp³-hybridized carbons (Fsp3) is 0.300. The summed E-state index contributed by atoms with van der Waals surface area (Å²) in [6, 6.07) is 9.66. The average Bonchev–Trinajstić information content (AvgIpc) is 2.94. The Morgan fingerprint density at radius 2 is 1.79 bits per heavy atom. The summed E-state index contributed by atoms with van der Waals surface area (Å²) in [6.45, 7) is 0.617. The van der Waals surface area contributed by atoms with Gasteiger partial charge in [-0.3, -0.25) is 19.3 Å². The van der Waals surface area contributed by atoms with Crippen LogP contribution >= 0.6 is 11.6 Å². The van der Waals surface area contributed by atoms with E-state index in [4.69, 9.17) is 11.6 Å².